The summed E-state index contributed by atoms with van der Waals surface area (Å²) in [4.78, 5) is 17.1. The summed E-state index contributed by atoms with van der Waals surface area (Å²) in [5.41, 5.74) is 4.57. The van der Waals surface area contributed by atoms with Crippen molar-refractivity contribution in [1.29, 1.82) is 0 Å². The molecule has 5 nitrogen and oxygen atoms in total. The van der Waals surface area contributed by atoms with Gasteiger partial charge in [0.2, 0.25) is 5.91 Å². The summed E-state index contributed by atoms with van der Waals surface area (Å²) in [5, 5.41) is 0. The maximum Gasteiger partial charge on any atom is 0.231 e. The number of carbonyl (C=O) groups excluding carboxylic acids is 1. The number of fused-ring (bicyclic) bond motifs is 1. The fourth-order valence-electron chi connectivity index (χ4n) is 3.81. The lowest BCUT2D eigenvalue weighted by atomic mass is 10.1. The number of hydrogen-bond acceptors (Lipinski definition) is 4. The van der Waals surface area contributed by atoms with Crippen molar-refractivity contribution < 1.29 is 14.3 Å². The van der Waals surface area contributed by atoms with Gasteiger partial charge in [-0.2, -0.15) is 0 Å². The van der Waals surface area contributed by atoms with Crippen LogP contribution in [-0.4, -0.2) is 45.4 Å². The summed E-state index contributed by atoms with van der Waals surface area (Å²) in [7, 11) is 0. The van der Waals surface area contributed by atoms with Gasteiger partial charge in [-0.05, 0) is 54.8 Å². The van der Waals surface area contributed by atoms with E-state index in [9.17, 15) is 4.79 Å². The minimum Gasteiger partial charge on any atom is -0.494 e. The van der Waals surface area contributed by atoms with Crippen molar-refractivity contribution in [2.45, 2.75) is 19.8 Å². The minimum absolute atomic E-state index is 0.150. The van der Waals surface area contributed by atoms with Crippen molar-refractivity contribution >= 4 is 17.3 Å². The number of morpholine rings is 1. The molecule has 2 heterocycles. The first-order valence-electron chi connectivity index (χ1n) is 9.72. The van der Waals surface area contributed by atoms with Gasteiger partial charge in [-0.3, -0.25) is 4.79 Å². The average molecular weight is 366 g/mol. The molecule has 0 bridgehead atoms. The normalized spacial score (nSPS) is 16.3. The van der Waals surface area contributed by atoms with Gasteiger partial charge in [0, 0.05) is 31.0 Å². The van der Waals surface area contributed by atoms with Crippen LogP contribution < -0.4 is 14.5 Å². The molecule has 4 rings (SSSR count). The fourth-order valence-corrected chi connectivity index (χ4v) is 3.81. The van der Waals surface area contributed by atoms with Gasteiger partial charge in [0.15, 0.2) is 0 Å². The second kappa shape index (κ2) is 8.01. The fraction of sp³-hybridized carbons (Fsp3) is 0.409. The molecular formula is C22H26N2O3. The van der Waals surface area contributed by atoms with Crippen molar-refractivity contribution in [2.24, 2.45) is 0 Å². The van der Waals surface area contributed by atoms with Crippen molar-refractivity contribution in [3.05, 3.63) is 53.6 Å². The van der Waals surface area contributed by atoms with Gasteiger partial charge in [0.25, 0.3) is 0 Å². The molecule has 0 aliphatic carbocycles. The lowest BCUT2D eigenvalue weighted by molar-refractivity contribution is -0.117. The molecule has 1 amide bonds. The molecule has 2 aromatic rings. The lowest BCUT2D eigenvalue weighted by Gasteiger charge is -2.29. The first kappa shape index (κ1) is 17.9. The van der Waals surface area contributed by atoms with E-state index in [0.29, 0.717) is 13.0 Å². The van der Waals surface area contributed by atoms with Gasteiger partial charge in [0.05, 0.1) is 26.2 Å². The molecule has 0 atom stereocenters. The van der Waals surface area contributed by atoms with Gasteiger partial charge in [0.1, 0.15) is 5.75 Å². The molecule has 0 aromatic heterocycles. The summed E-state index contributed by atoms with van der Waals surface area (Å²) in [6.07, 6.45) is 1.33. The van der Waals surface area contributed by atoms with Crippen molar-refractivity contribution in [3.63, 3.8) is 0 Å². The van der Waals surface area contributed by atoms with E-state index in [1.807, 2.05) is 36.1 Å². The van der Waals surface area contributed by atoms with Crippen LogP contribution in [0, 0.1) is 0 Å². The van der Waals surface area contributed by atoms with Gasteiger partial charge < -0.3 is 19.3 Å². The number of hydrogen-bond donors (Lipinski definition) is 0. The Kier molecular flexibility index (Phi) is 5.30. The Bertz CT molecular complexity index is 798. The Hall–Kier alpha value is -2.53. The van der Waals surface area contributed by atoms with Crippen LogP contribution in [0.2, 0.25) is 0 Å². The van der Waals surface area contributed by atoms with Crippen LogP contribution in [0.1, 0.15) is 18.1 Å². The van der Waals surface area contributed by atoms with Gasteiger partial charge in [-0.15, -0.1) is 0 Å². The third kappa shape index (κ3) is 3.93. The molecule has 0 spiro atoms. The molecule has 2 aliphatic heterocycles. The molecule has 0 N–H and O–H groups in total. The smallest absolute Gasteiger partial charge is 0.231 e. The van der Waals surface area contributed by atoms with Crippen LogP contribution in [-0.2, 0) is 22.4 Å². The van der Waals surface area contributed by atoms with E-state index in [0.717, 1.165) is 56.3 Å². The Labute approximate surface area is 160 Å². The van der Waals surface area contributed by atoms with Crippen molar-refractivity contribution in [3.8, 4) is 5.75 Å². The number of rotatable bonds is 5. The van der Waals surface area contributed by atoms with Crippen LogP contribution >= 0.6 is 0 Å². The number of benzene rings is 2. The van der Waals surface area contributed by atoms with Gasteiger partial charge in [-0.1, -0.05) is 12.1 Å². The van der Waals surface area contributed by atoms with Crippen LogP contribution in [0.25, 0.3) is 0 Å². The minimum atomic E-state index is 0.150. The molecule has 2 aliphatic rings. The summed E-state index contributed by atoms with van der Waals surface area (Å²) in [5.74, 6) is 0.993. The Morgan fingerprint density at radius 1 is 1.07 bits per heavy atom. The highest BCUT2D eigenvalue weighted by molar-refractivity contribution is 5.97. The zero-order valence-electron chi connectivity index (χ0n) is 15.8. The van der Waals surface area contributed by atoms with Crippen LogP contribution in [0.15, 0.2) is 42.5 Å². The zero-order valence-corrected chi connectivity index (χ0v) is 15.8. The quantitative estimate of drug-likeness (QED) is 0.816. The number of amides is 1. The van der Waals surface area contributed by atoms with E-state index in [1.54, 1.807) is 0 Å². The summed E-state index contributed by atoms with van der Waals surface area (Å²) >= 11 is 0. The van der Waals surface area contributed by atoms with E-state index < -0.39 is 0 Å². The van der Waals surface area contributed by atoms with E-state index in [-0.39, 0.29) is 5.91 Å². The summed E-state index contributed by atoms with van der Waals surface area (Å²) in [6.45, 7) is 6.80. The Balaban J connectivity index is 1.44. The first-order valence-corrected chi connectivity index (χ1v) is 9.72. The molecule has 142 valence electrons. The van der Waals surface area contributed by atoms with Crippen LogP contribution in [0.4, 0.5) is 11.4 Å². The number of nitrogens with zero attached hydrogens (tertiary/aromatic N) is 2. The average Bonchev–Trinajstić information content (AvgIpc) is 3.14. The highest BCUT2D eigenvalue weighted by Crippen LogP contribution is 2.32. The van der Waals surface area contributed by atoms with E-state index >= 15 is 0 Å². The molecule has 0 radical (unpaired) electrons. The molecule has 1 fully saturated rings. The molecular weight excluding hydrogens is 340 g/mol. The van der Waals surface area contributed by atoms with E-state index in [4.69, 9.17) is 9.47 Å². The van der Waals surface area contributed by atoms with Crippen molar-refractivity contribution in [1.82, 2.24) is 0 Å². The van der Waals surface area contributed by atoms with Crippen LogP contribution in [0.5, 0.6) is 5.75 Å². The lowest BCUT2D eigenvalue weighted by Crippen LogP contribution is -2.36. The third-order valence-corrected chi connectivity index (χ3v) is 5.23. The van der Waals surface area contributed by atoms with Crippen molar-refractivity contribution in [2.75, 3.05) is 49.3 Å². The standard InChI is InChI=1S/C22H26N2O3/c1-2-27-20-6-3-17(4-7-20)15-22(25)24-10-9-18-16-19(5-8-21(18)24)23-11-13-26-14-12-23/h3-8,16H,2,9-15H2,1H3. The number of carbonyl (C=O) groups is 1. The van der Waals surface area contributed by atoms with E-state index in [2.05, 4.69) is 23.1 Å². The van der Waals surface area contributed by atoms with Crippen LogP contribution in [0.3, 0.4) is 0 Å². The number of ether oxygens (including phenoxy) is 2. The highest BCUT2D eigenvalue weighted by Gasteiger charge is 2.25. The molecule has 0 saturated carbocycles. The Morgan fingerprint density at radius 2 is 1.85 bits per heavy atom. The van der Waals surface area contributed by atoms with Gasteiger partial charge >= 0.3 is 0 Å². The maximum absolute atomic E-state index is 12.8. The predicted molar refractivity (Wildman–Crippen MR) is 107 cm³/mol. The maximum atomic E-state index is 12.8. The summed E-state index contributed by atoms with van der Waals surface area (Å²) in [6, 6.07) is 14.3. The Morgan fingerprint density at radius 3 is 2.59 bits per heavy atom. The second-order valence-electron chi connectivity index (χ2n) is 6.96. The second-order valence-corrected chi connectivity index (χ2v) is 6.96. The van der Waals surface area contributed by atoms with Gasteiger partial charge in [-0.25, -0.2) is 0 Å². The van der Waals surface area contributed by atoms with E-state index in [1.165, 1.54) is 11.3 Å². The number of anilines is 2. The topological polar surface area (TPSA) is 42.0 Å². The highest BCUT2D eigenvalue weighted by atomic mass is 16.5. The predicted octanol–water partition coefficient (Wildman–Crippen LogP) is 3.05. The molecule has 5 heteroatoms. The zero-order chi connectivity index (χ0) is 18.6. The molecule has 27 heavy (non-hydrogen) atoms. The monoisotopic (exact) mass is 366 g/mol. The first-order chi connectivity index (χ1) is 13.2. The third-order valence-electron chi connectivity index (χ3n) is 5.23. The summed E-state index contributed by atoms with van der Waals surface area (Å²) < 4.78 is 10.9. The molecule has 1 saturated heterocycles. The molecule has 2 aromatic carbocycles. The largest absolute Gasteiger partial charge is 0.494 e. The molecule has 0 unspecified atom stereocenters. The SMILES string of the molecule is CCOc1ccc(CC(=O)N2CCc3cc(N4CCOCC4)ccc32)cc1.